The van der Waals surface area contributed by atoms with E-state index in [9.17, 15) is 0 Å². The van der Waals surface area contributed by atoms with Gasteiger partial charge in [0, 0.05) is 51.8 Å². The third-order valence-corrected chi connectivity index (χ3v) is 5.27. The number of thiophene rings is 1. The minimum atomic E-state index is 0.712. The average molecular weight is 367 g/mol. The molecule has 1 fully saturated rings. The zero-order chi connectivity index (χ0) is 14.8. The van der Waals surface area contributed by atoms with Gasteiger partial charge in [-0.05, 0) is 41.8 Å². The Labute approximate surface area is 137 Å². The lowest BCUT2D eigenvalue weighted by Crippen LogP contribution is -2.21. The second-order valence-electron chi connectivity index (χ2n) is 5.52. The van der Waals surface area contributed by atoms with Crippen LogP contribution in [0.25, 0.3) is 0 Å². The summed E-state index contributed by atoms with van der Waals surface area (Å²) in [6, 6.07) is 2.85. The summed E-state index contributed by atoms with van der Waals surface area (Å²) >= 11 is 5.23. The number of hydrogen-bond donors (Lipinski definition) is 1. The Morgan fingerprint density at radius 1 is 1.48 bits per heavy atom. The van der Waals surface area contributed by atoms with Gasteiger partial charge in [-0.1, -0.05) is 0 Å². The number of anilines is 1. The molecule has 0 amide bonds. The molecule has 0 spiro atoms. The van der Waals surface area contributed by atoms with Crippen molar-refractivity contribution in [3.8, 4) is 0 Å². The van der Waals surface area contributed by atoms with Crippen molar-refractivity contribution in [2.24, 2.45) is 0 Å². The summed E-state index contributed by atoms with van der Waals surface area (Å²) in [7, 11) is 2.03. The van der Waals surface area contributed by atoms with Crippen LogP contribution >= 0.6 is 27.3 Å². The van der Waals surface area contributed by atoms with Crippen LogP contribution in [0.5, 0.6) is 0 Å². The van der Waals surface area contributed by atoms with E-state index in [1.807, 2.05) is 13.2 Å². The lowest BCUT2D eigenvalue weighted by atomic mass is 10.2. The fraction of sp³-hybridized carbons (Fsp3) is 0.467. The van der Waals surface area contributed by atoms with Crippen LogP contribution in [0.1, 0.15) is 29.0 Å². The van der Waals surface area contributed by atoms with Crippen LogP contribution < -0.4 is 10.2 Å². The van der Waals surface area contributed by atoms with Crippen molar-refractivity contribution in [1.29, 1.82) is 0 Å². The summed E-state index contributed by atoms with van der Waals surface area (Å²) in [6.07, 6.45) is 4.56. The molecular weight excluding hydrogens is 348 g/mol. The topological polar surface area (TPSA) is 41.1 Å². The summed E-state index contributed by atoms with van der Waals surface area (Å²) < 4.78 is 1.13. The van der Waals surface area contributed by atoms with E-state index in [0.717, 1.165) is 29.2 Å². The summed E-state index contributed by atoms with van der Waals surface area (Å²) in [4.78, 5) is 12.5. The van der Waals surface area contributed by atoms with E-state index >= 15 is 0 Å². The molecule has 0 aliphatic heterocycles. The van der Waals surface area contributed by atoms with E-state index in [4.69, 9.17) is 0 Å². The van der Waals surface area contributed by atoms with Crippen molar-refractivity contribution >= 4 is 33.2 Å². The third-order valence-electron chi connectivity index (χ3n) is 3.58. The fourth-order valence-corrected chi connectivity index (χ4v) is 3.62. The van der Waals surface area contributed by atoms with Crippen molar-refractivity contribution in [2.75, 3.05) is 11.9 Å². The predicted molar refractivity (Wildman–Crippen MR) is 90.8 cm³/mol. The lowest BCUT2D eigenvalue weighted by molar-refractivity contribution is 0.678. The van der Waals surface area contributed by atoms with Gasteiger partial charge >= 0.3 is 0 Å². The average Bonchev–Trinajstić information content (AvgIpc) is 3.20. The molecule has 0 radical (unpaired) electrons. The number of aryl methyl sites for hydroxylation is 1. The van der Waals surface area contributed by atoms with Crippen LogP contribution in [0.2, 0.25) is 0 Å². The summed E-state index contributed by atoms with van der Waals surface area (Å²) in [5.74, 6) is 0.784. The molecule has 1 saturated carbocycles. The van der Waals surface area contributed by atoms with Gasteiger partial charge in [-0.15, -0.1) is 11.3 Å². The van der Waals surface area contributed by atoms with Gasteiger partial charge in [-0.25, -0.2) is 9.97 Å². The lowest BCUT2D eigenvalue weighted by Gasteiger charge is -2.17. The van der Waals surface area contributed by atoms with E-state index in [-0.39, 0.29) is 0 Å². The molecule has 2 heterocycles. The molecule has 0 unspecified atom stereocenters. The molecule has 0 saturated heterocycles. The van der Waals surface area contributed by atoms with Gasteiger partial charge in [0.2, 0.25) is 5.95 Å². The number of halogens is 1. The zero-order valence-electron chi connectivity index (χ0n) is 12.3. The second-order valence-corrected chi connectivity index (χ2v) is 7.43. The maximum Gasteiger partial charge on any atom is 0.225 e. The predicted octanol–water partition coefficient (Wildman–Crippen LogP) is 3.50. The number of nitrogens with one attached hydrogen (secondary N) is 1. The smallest absolute Gasteiger partial charge is 0.225 e. The van der Waals surface area contributed by atoms with Crippen molar-refractivity contribution in [3.63, 3.8) is 0 Å². The fourth-order valence-electron chi connectivity index (χ4n) is 2.12. The number of rotatable bonds is 6. The highest BCUT2D eigenvalue weighted by atomic mass is 79.9. The monoisotopic (exact) mass is 366 g/mol. The summed E-state index contributed by atoms with van der Waals surface area (Å²) in [6.45, 7) is 3.76. The number of aromatic nitrogens is 2. The Bertz CT molecular complexity index is 624. The normalized spacial score (nSPS) is 14.4. The highest BCUT2D eigenvalue weighted by molar-refractivity contribution is 9.10. The van der Waals surface area contributed by atoms with E-state index in [1.54, 1.807) is 11.3 Å². The molecule has 3 rings (SSSR count). The maximum absolute atomic E-state index is 4.64. The molecule has 0 atom stereocenters. The largest absolute Gasteiger partial charge is 0.339 e. The molecule has 4 nitrogen and oxygen atoms in total. The molecule has 2 aromatic heterocycles. The first-order valence-corrected chi connectivity index (χ1v) is 8.79. The Morgan fingerprint density at radius 3 is 2.90 bits per heavy atom. The third kappa shape index (κ3) is 4.02. The molecule has 1 N–H and O–H groups in total. The minimum absolute atomic E-state index is 0.712. The van der Waals surface area contributed by atoms with Gasteiger partial charge in [0.15, 0.2) is 0 Å². The molecule has 1 aliphatic carbocycles. The van der Waals surface area contributed by atoms with Crippen LogP contribution in [0.4, 0.5) is 5.95 Å². The molecule has 1 aliphatic rings. The van der Waals surface area contributed by atoms with Gasteiger partial charge in [-0.2, -0.15) is 0 Å². The SMILES string of the molecule is Cc1nc(N(C)Cc2cc(Br)cs2)ncc1CNC1CC1. The Morgan fingerprint density at radius 2 is 2.29 bits per heavy atom. The molecule has 112 valence electrons. The van der Waals surface area contributed by atoms with Gasteiger partial charge in [0.1, 0.15) is 0 Å². The summed E-state index contributed by atoms with van der Waals surface area (Å²) in [5.41, 5.74) is 2.25. The van der Waals surface area contributed by atoms with Crippen LogP contribution in [-0.2, 0) is 13.1 Å². The van der Waals surface area contributed by atoms with E-state index in [0.29, 0.717) is 6.04 Å². The van der Waals surface area contributed by atoms with Gasteiger partial charge < -0.3 is 10.2 Å². The number of nitrogens with zero attached hydrogens (tertiary/aromatic N) is 3. The Hall–Kier alpha value is -0.980. The van der Waals surface area contributed by atoms with Crippen molar-refractivity contribution in [1.82, 2.24) is 15.3 Å². The van der Waals surface area contributed by atoms with Crippen molar-refractivity contribution < 1.29 is 0 Å². The summed E-state index contributed by atoms with van der Waals surface area (Å²) in [5, 5.41) is 5.61. The van der Waals surface area contributed by atoms with Crippen LogP contribution in [0.3, 0.4) is 0 Å². The van der Waals surface area contributed by atoms with Gasteiger partial charge in [-0.3, -0.25) is 0 Å². The van der Waals surface area contributed by atoms with Gasteiger partial charge in [0.25, 0.3) is 0 Å². The molecule has 21 heavy (non-hydrogen) atoms. The molecule has 6 heteroatoms. The Balaban J connectivity index is 1.65. The van der Waals surface area contributed by atoms with Crippen LogP contribution in [-0.4, -0.2) is 23.1 Å². The molecule has 0 bridgehead atoms. The van der Waals surface area contributed by atoms with Crippen molar-refractivity contribution in [3.05, 3.63) is 38.3 Å². The molecule has 0 aromatic carbocycles. The van der Waals surface area contributed by atoms with Crippen molar-refractivity contribution in [2.45, 2.75) is 38.9 Å². The highest BCUT2D eigenvalue weighted by Gasteiger charge is 2.20. The molecule has 2 aromatic rings. The number of hydrogen-bond acceptors (Lipinski definition) is 5. The van der Waals surface area contributed by atoms with Crippen LogP contribution in [0, 0.1) is 6.92 Å². The standard InChI is InChI=1S/C15H19BrN4S/c1-10-11(6-17-13-3-4-13)7-18-15(19-10)20(2)8-14-5-12(16)9-21-14/h5,7,9,13,17H,3-4,6,8H2,1-2H3. The van der Waals surface area contributed by atoms with E-state index in [2.05, 4.69) is 54.5 Å². The first-order valence-electron chi connectivity index (χ1n) is 7.12. The molecular formula is C15H19BrN4S. The zero-order valence-corrected chi connectivity index (χ0v) is 14.7. The van der Waals surface area contributed by atoms with E-state index in [1.165, 1.54) is 23.3 Å². The first kappa shape index (κ1) is 14.9. The minimum Gasteiger partial charge on any atom is -0.339 e. The van der Waals surface area contributed by atoms with Gasteiger partial charge in [0.05, 0.1) is 6.54 Å². The first-order chi connectivity index (χ1) is 10.1. The van der Waals surface area contributed by atoms with Crippen LogP contribution in [0.15, 0.2) is 22.1 Å². The van der Waals surface area contributed by atoms with E-state index < -0.39 is 0 Å². The quantitative estimate of drug-likeness (QED) is 0.849. The second kappa shape index (κ2) is 6.42. The highest BCUT2D eigenvalue weighted by Crippen LogP contribution is 2.23. The maximum atomic E-state index is 4.64. The Kier molecular flexibility index (Phi) is 4.57.